The summed E-state index contributed by atoms with van der Waals surface area (Å²) in [6.45, 7) is 5.89. The highest BCUT2D eigenvalue weighted by Crippen LogP contribution is 2.43. The molecule has 0 radical (unpaired) electrons. The van der Waals surface area contributed by atoms with E-state index in [9.17, 15) is 0 Å². The van der Waals surface area contributed by atoms with Gasteiger partial charge in [0, 0.05) is 35.4 Å². The van der Waals surface area contributed by atoms with Gasteiger partial charge in [0.1, 0.15) is 23.6 Å². The number of hydrogen-bond donors (Lipinski definition) is 2. The summed E-state index contributed by atoms with van der Waals surface area (Å²) in [4.78, 5) is 16.5. The van der Waals surface area contributed by atoms with Gasteiger partial charge in [-0.05, 0) is 80.6 Å². The SMILES string of the molecule is Cc1cc(Nc2ccccc2)nc2cc(-c3cn(C4CC(CN5CCC5)C4)c4ncnc(N)c34)ccc12. The van der Waals surface area contributed by atoms with Crippen LogP contribution in [0.15, 0.2) is 67.1 Å². The number of benzene rings is 2. The van der Waals surface area contributed by atoms with Crippen LogP contribution >= 0.6 is 0 Å². The zero-order valence-electron chi connectivity index (χ0n) is 21.1. The first-order valence-corrected chi connectivity index (χ1v) is 13.2. The summed E-state index contributed by atoms with van der Waals surface area (Å²) in [5, 5.41) is 5.51. The van der Waals surface area contributed by atoms with E-state index in [1.54, 1.807) is 6.33 Å². The molecule has 0 unspecified atom stereocenters. The van der Waals surface area contributed by atoms with Gasteiger partial charge in [-0.2, -0.15) is 0 Å². The number of fused-ring (bicyclic) bond motifs is 2. The fourth-order valence-electron chi connectivity index (χ4n) is 5.92. The second-order valence-electron chi connectivity index (χ2n) is 10.6. The van der Waals surface area contributed by atoms with Crippen LogP contribution in [0.1, 0.15) is 30.9 Å². The van der Waals surface area contributed by atoms with Crippen LogP contribution in [0, 0.1) is 12.8 Å². The number of nitrogen functional groups attached to an aromatic ring is 1. The number of aromatic nitrogens is 4. The number of nitrogens with two attached hydrogens (primary N) is 1. The number of para-hydroxylation sites is 1. The van der Waals surface area contributed by atoms with E-state index >= 15 is 0 Å². The third-order valence-corrected chi connectivity index (χ3v) is 8.08. The number of aryl methyl sites for hydroxylation is 1. The van der Waals surface area contributed by atoms with Crippen LogP contribution in [0.3, 0.4) is 0 Å². The van der Waals surface area contributed by atoms with Crippen LogP contribution in [0.4, 0.5) is 17.3 Å². The summed E-state index contributed by atoms with van der Waals surface area (Å²) in [6, 6.07) is 19.2. The maximum absolute atomic E-state index is 6.44. The van der Waals surface area contributed by atoms with Gasteiger partial charge in [0.15, 0.2) is 0 Å². The minimum atomic E-state index is 0.458. The predicted octanol–water partition coefficient (Wildman–Crippen LogP) is 5.94. The zero-order chi connectivity index (χ0) is 24.9. The van der Waals surface area contributed by atoms with Crippen molar-refractivity contribution in [1.82, 2.24) is 24.4 Å². The largest absolute Gasteiger partial charge is 0.383 e. The summed E-state index contributed by atoms with van der Waals surface area (Å²) in [7, 11) is 0. The van der Waals surface area contributed by atoms with Crippen molar-refractivity contribution in [3.05, 3.63) is 72.7 Å². The van der Waals surface area contributed by atoms with Crippen LogP contribution in [-0.2, 0) is 0 Å². The van der Waals surface area contributed by atoms with E-state index in [0.29, 0.717) is 11.9 Å². The van der Waals surface area contributed by atoms with E-state index in [1.165, 1.54) is 44.5 Å². The fourth-order valence-corrected chi connectivity index (χ4v) is 5.92. The van der Waals surface area contributed by atoms with Gasteiger partial charge in [-0.25, -0.2) is 15.0 Å². The van der Waals surface area contributed by atoms with Crippen molar-refractivity contribution in [3.8, 4) is 11.1 Å². The number of hydrogen-bond acceptors (Lipinski definition) is 6. The van der Waals surface area contributed by atoms with Gasteiger partial charge in [0.2, 0.25) is 0 Å². The number of nitrogens with one attached hydrogen (secondary N) is 1. The Morgan fingerprint density at radius 1 is 1.03 bits per heavy atom. The summed E-state index contributed by atoms with van der Waals surface area (Å²) in [6.07, 6.45) is 7.55. The predicted molar refractivity (Wildman–Crippen MR) is 150 cm³/mol. The van der Waals surface area contributed by atoms with Crippen LogP contribution < -0.4 is 11.1 Å². The maximum Gasteiger partial charge on any atom is 0.146 e. The molecule has 4 heterocycles. The number of likely N-dealkylation sites (tertiary alicyclic amines) is 1. The summed E-state index contributed by atoms with van der Waals surface area (Å²) >= 11 is 0. The summed E-state index contributed by atoms with van der Waals surface area (Å²) in [5.74, 6) is 2.13. The van der Waals surface area contributed by atoms with E-state index in [4.69, 9.17) is 10.7 Å². The molecule has 2 aliphatic rings. The molecule has 3 aromatic heterocycles. The quantitative estimate of drug-likeness (QED) is 0.307. The Labute approximate surface area is 216 Å². The van der Waals surface area contributed by atoms with Gasteiger partial charge in [-0.15, -0.1) is 0 Å². The Morgan fingerprint density at radius 3 is 2.65 bits per heavy atom. The molecule has 7 nitrogen and oxygen atoms in total. The average molecular weight is 490 g/mol. The minimum Gasteiger partial charge on any atom is -0.383 e. The van der Waals surface area contributed by atoms with E-state index < -0.39 is 0 Å². The maximum atomic E-state index is 6.44. The second kappa shape index (κ2) is 8.85. The summed E-state index contributed by atoms with van der Waals surface area (Å²) < 4.78 is 2.34. The number of anilines is 3. The lowest BCUT2D eigenvalue weighted by molar-refractivity contribution is 0.0921. The molecule has 1 saturated heterocycles. The van der Waals surface area contributed by atoms with E-state index in [1.807, 2.05) is 30.3 Å². The monoisotopic (exact) mass is 489 g/mol. The molecule has 1 saturated carbocycles. The van der Waals surface area contributed by atoms with Gasteiger partial charge in [-0.1, -0.05) is 30.3 Å². The smallest absolute Gasteiger partial charge is 0.146 e. The van der Waals surface area contributed by atoms with Crippen molar-refractivity contribution in [2.75, 3.05) is 30.7 Å². The zero-order valence-corrected chi connectivity index (χ0v) is 21.1. The molecule has 2 fully saturated rings. The molecular weight excluding hydrogens is 458 g/mol. The summed E-state index contributed by atoms with van der Waals surface area (Å²) in [5.41, 5.74) is 12.7. The second-order valence-corrected chi connectivity index (χ2v) is 10.6. The molecule has 2 aromatic carbocycles. The van der Waals surface area contributed by atoms with Gasteiger partial charge in [-0.3, -0.25) is 0 Å². The highest BCUT2D eigenvalue weighted by atomic mass is 15.2. The normalized spacial score (nSPS) is 19.6. The molecule has 7 rings (SSSR count). The topological polar surface area (TPSA) is 84.9 Å². The van der Waals surface area contributed by atoms with Crippen molar-refractivity contribution < 1.29 is 0 Å². The molecule has 1 aliphatic carbocycles. The van der Waals surface area contributed by atoms with Crippen LogP contribution in [-0.4, -0.2) is 44.1 Å². The lowest BCUT2D eigenvalue weighted by Crippen LogP contribution is -2.43. The molecule has 5 aromatic rings. The molecular formula is C30H31N7. The highest BCUT2D eigenvalue weighted by molar-refractivity contribution is 6.02. The molecule has 0 spiro atoms. The molecule has 37 heavy (non-hydrogen) atoms. The Balaban J connectivity index is 1.25. The molecule has 7 heteroatoms. The lowest BCUT2D eigenvalue weighted by atomic mass is 9.79. The van der Waals surface area contributed by atoms with Crippen LogP contribution in [0.5, 0.6) is 0 Å². The minimum absolute atomic E-state index is 0.458. The molecule has 186 valence electrons. The molecule has 0 bridgehead atoms. The molecule has 3 N–H and O–H groups in total. The third-order valence-electron chi connectivity index (χ3n) is 8.08. The third kappa shape index (κ3) is 4.00. The van der Waals surface area contributed by atoms with Crippen molar-refractivity contribution in [1.29, 1.82) is 0 Å². The first kappa shape index (κ1) is 22.2. The lowest BCUT2D eigenvalue weighted by Gasteiger charge is -2.42. The highest BCUT2D eigenvalue weighted by Gasteiger charge is 2.34. The van der Waals surface area contributed by atoms with Crippen molar-refractivity contribution in [2.45, 2.75) is 32.2 Å². The number of rotatable bonds is 6. The first-order chi connectivity index (χ1) is 18.1. The van der Waals surface area contributed by atoms with E-state index in [2.05, 4.69) is 62.1 Å². The fraction of sp³-hybridized carbons (Fsp3) is 0.300. The Hall–Kier alpha value is -3.97. The van der Waals surface area contributed by atoms with Gasteiger partial charge in [0.05, 0.1) is 10.9 Å². The van der Waals surface area contributed by atoms with Crippen molar-refractivity contribution in [2.24, 2.45) is 5.92 Å². The van der Waals surface area contributed by atoms with Crippen molar-refractivity contribution >= 4 is 39.3 Å². The van der Waals surface area contributed by atoms with E-state index in [0.717, 1.165) is 50.5 Å². The molecule has 0 amide bonds. The number of nitrogens with zero attached hydrogens (tertiary/aromatic N) is 5. The van der Waals surface area contributed by atoms with Crippen LogP contribution in [0.2, 0.25) is 0 Å². The Bertz CT molecular complexity index is 1600. The number of pyridine rings is 1. The Kier molecular flexibility index (Phi) is 5.32. The van der Waals surface area contributed by atoms with Crippen molar-refractivity contribution in [3.63, 3.8) is 0 Å². The molecule has 1 aliphatic heterocycles. The van der Waals surface area contributed by atoms with Gasteiger partial charge < -0.3 is 20.5 Å². The first-order valence-electron chi connectivity index (χ1n) is 13.2. The standard InChI is InChI=1S/C30H31N7/c1-19-12-27(34-22-6-3-2-4-7-22)35-26-15-21(8-9-24(19)26)25-17-37(30-28(25)29(31)32-18-33-30)23-13-20(14-23)16-36-10-5-11-36/h2-4,6-9,12,15,17-18,20,23H,5,10-11,13-14,16H2,1H3,(H,34,35)(H2,31,32,33). The van der Waals surface area contributed by atoms with E-state index in [-0.39, 0.29) is 0 Å². The van der Waals surface area contributed by atoms with Crippen LogP contribution in [0.25, 0.3) is 33.1 Å². The molecule has 0 atom stereocenters. The van der Waals surface area contributed by atoms with Gasteiger partial charge >= 0.3 is 0 Å². The average Bonchev–Trinajstić information content (AvgIpc) is 3.23. The Morgan fingerprint density at radius 2 is 1.86 bits per heavy atom. The van der Waals surface area contributed by atoms with Gasteiger partial charge in [0.25, 0.3) is 0 Å².